The van der Waals surface area contributed by atoms with Crippen LogP contribution < -0.4 is 10.6 Å². The topological polar surface area (TPSA) is 81.6 Å². The van der Waals surface area contributed by atoms with E-state index in [4.69, 9.17) is 5.11 Å². The van der Waals surface area contributed by atoms with E-state index in [1.54, 1.807) is 0 Å². The van der Waals surface area contributed by atoms with Gasteiger partial charge in [-0.2, -0.15) is 0 Å². The van der Waals surface area contributed by atoms with Crippen LogP contribution in [0, 0.1) is 0 Å². The van der Waals surface area contributed by atoms with Gasteiger partial charge in [-0.25, -0.2) is 0 Å². The van der Waals surface area contributed by atoms with Crippen molar-refractivity contribution in [3.05, 3.63) is 35.4 Å². The third-order valence-electron chi connectivity index (χ3n) is 3.39. The summed E-state index contributed by atoms with van der Waals surface area (Å²) >= 11 is 0. The summed E-state index contributed by atoms with van der Waals surface area (Å²) in [6, 6.07) is 7.85. The Labute approximate surface area is 112 Å². The highest BCUT2D eigenvalue weighted by molar-refractivity contribution is 5.84. The van der Waals surface area contributed by atoms with Crippen LogP contribution in [-0.4, -0.2) is 41.4 Å². The van der Waals surface area contributed by atoms with E-state index in [1.807, 2.05) is 24.3 Å². The molecule has 1 aromatic rings. The molecular formula is C14H20N2O3. The molecule has 5 nitrogen and oxygen atoms in total. The van der Waals surface area contributed by atoms with Crippen LogP contribution in [0.5, 0.6) is 0 Å². The van der Waals surface area contributed by atoms with Crippen LogP contribution in [-0.2, 0) is 11.3 Å². The van der Waals surface area contributed by atoms with Gasteiger partial charge in [0.25, 0.3) is 0 Å². The Hall–Kier alpha value is -1.43. The van der Waals surface area contributed by atoms with Crippen LogP contribution >= 0.6 is 0 Å². The predicted octanol–water partition coefficient (Wildman–Crippen LogP) is -0.267. The number of hydrogen-bond acceptors (Lipinski definition) is 4. The second-order valence-corrected chi connectivity index (χ2v) is 5.26. The molecule has 0 saturated heterocycles. The first-order chi connectivity index (χ1) is 9.03. The second-order valence-electron chi connectivity index (χ2n) is 5.26. The molecule has 1 aromatic carbocycles. The molecule has 0 radical (unpaired) electrons. The largest absolute Gasteiger partial charge is 0.393 e. The van der Waals surface area contributed by atoms with Gasteiger partial charge in [0.15, 0.2) is 0 Å². The fourth-order valence-electron chi connectivity index (χ4n) is 2.19. The molecule has 4 N–H and O–H groups in total. The predicted molar refractivity (Wildman–Crippen MR) is 71.6 cm³/mol. The van der Waals surface area contributed by atoms with E-state index >= 15 is 0 Å². The van der Waals surface area contributed by atoms with E-state index in [2.05, 4.69) is 10.6 Å². The van der Waals surface area contributed by atoms with Crippen LogP contribution in [0.15, 0.2) is 24.3 Å². The molecule has 2 atom stereocenters. The van der Waals surface area contributed by atoms with E-state index in [0.29, 0.717) is 6.54 Å². The Morgan fingerprint density at radius 2 is 2.26 bits per heavy atom. The molecule has 104 valence electrons. The average Bonchev–Trinajstić information content (AvgIpc) is 2.44. The Morgan fingerprint density at radius 3 is 3.00 bits per heavy atom. The van der Waals surface area contributed by atoms with Crippen LogP contribution in [0.4, 0.5) is 0 Å². The van der Waals surface area contributed by atoms with E-state index in [-0.39, 0.29) is 25.0 Å². The number of nitrogens with one attached hydrogen (secondary N) is 2. The van der Waals surface area contributed by atoms with E-state index in [1.165, 1.54) is 6.92 Å². The summed E-state index contributed by atoms with van der Waals surface area (Å²) in [5, 5.41) is 24.6. The number of fused-ring (bicyclic) bond motifs is 1. The molecule has 0 aromatic heterocycles. The van der Waals surface area contributed by atoms with Gasteiger partial charge in [-0.1, -0.05) is 24.3 Å². The van der Waals surface area contributed by atoms with Crippen molar-refractivity contribution in [3.63, 3.8) is 0 Å². The van der Waals surface area contributed by atoms with Gasteiger partial charge in [-0.05, 0) is 18.1 Å². The van der Waals surface area contributed by atoms with Gasteiger partial charge in [0, 0.05) is 19.6 Å². The number of carbonyl (C=O) groups excluding carboxylic acids is 1. The lowest BCUT2D eigenvalue weighted by Crippen LogP contribution is -2.46. The quantitative estimate of drug-likeness (QED) is 0.603. The standard InChI is InChI=1S/C14H20N2O3/c1-14(19,9-17)8-16-13(18)12-7-15-6-10-4-2-3-5-11(10)12/h2-5,12,15,17,19H,6-9H2,1H3,(H,16,18). The molecule has 19 heavy (non-hydrogen) atoms. The molecule has 1 aliphatic heterocycles. The van der Waals surface area contributed by atoms with Gasteiger partial charge in [0.2, 0.25) is 5.91 Å². The Balaban J connectivity index is 2.05. The second kappa shape index (κ2) is 5.69. The summed E-state index contributed by atoms with van der Waals surface area (Å²) in [6.45, 7) is 2.51. The monoisotopic (exact) mass is 264 g/mol. The van der Waals surface area contributed by atoms with Gasteiger partial charge >= 0.3 is 0 Å². The van der Waals surface area contributed by atoms with Crippen molar-refractivity contribution in [2.75, 3.05) is 19.7 Å². The molecule has 0 bridgehead atoms. The van der Waals surface area contributed by atoms with E-state index < -0.39 is 5.60 Å². The first kappa shape index (κ1) is 14.0. The maximum Gasteiger partial charge on any atom is 0.228 e. The molecule has 0 spiro atoms. The van der Waals surface area contributed by atoms with Crippen molar-refractivity contribution in [1.29, 1.82) is 0 Å². The molecule has 2 unspecified atom stereocenters. The molecule has 5 heteroatoms. The smallest absolute Gasteiger partial charge is 0.228 e. The molecule has 2 rings (SSSR count). The van der Waals surface area contributed by atoms with Crippen molar-refractivity contribution in [3.8, 4) is 0 Å². The molecule has 0 fully saturated rings. The summed E-state index contributed by atoms with van der Waals surface area (Å²) in [4.78, 5) is 12.2. The summed E-state index contributed by atoms with van der Waals surface area (Å²) in [6.07, 6.45) is 0. The first-order valence-corrected chi connectivity index (χ1v) is 6.43. The molecular weight excluding hydrogens is 244 g/mol. The fourth-order valence-corrected chi connectivity index (χ4v) is 2.19. The highest BCUT2D eigenvalue weighted by Gasteiger charge is 2.28. The third-order valence-corrected chi connectivity index (χ3v) is 3.39. The van der Waals surface area contributed by atoms with Gasteiger partial charge in [-0.3, -0.25) is 4.79 Å². The van der Waals surface area contributed by atoms with Crippen molar-refractivity contribution in [2.24, 2.45) is 0 Å². The fraction of sp³-hybridized carbons (Fsp3) is 0.500. The highest BCUT2D eigenvalue weighted by atomic mass is 16.3. The van der Waals surface area contributed by atoms with Gasteiger partial charge in [-0.15, -0.1) is 0 Å². The number of carbonyl (C=O) groups is 1. The SMILES string of the molecule is CC(O)(CO)CNC(=O)C1CNCc2ccccc21. The first-order valence-electron chi connectivity index (χ1n) is 6.43. The lowest BCUT2D eigenvalue weighted by Gasteiger charge is -2.27. The van der Waals surface area contributed by atoms with Crippen LogP contribution in [0.3, 0.4) is 0 Å². The van der Waals surface area contributed by atoms with Crippen LogP contribution in [0.2, 0.25) is 0 Å². The van der Waals surface area contributed by atoms with Crippen molar-refractivity contribution in [2.45, 2.75) is 25.0 Å². The number of aliphatic hydroxyl groups is 2. The Morgan fingerprint density at radius 1 is 1.53 bits per heavy atom. The summed E-state index contributed by atoms with van der Waals surface area (Å²) in [7, 11) is 0. The number of benzene rings is 1. The van der Waals surface area contributed by atoms with Crippen molar-refractivity contribution in [1.82, 2.24) is 10.6 Å². The lowest BCUT2D eigenvalue weighted by atomic mass is 9.90. The molecule has 1 heterocycles. The van der Waals surface area contributed by atoms with Gasteiger partial charge in [0.1, 0.15) is 5.60 Å². The van der Waals surface area contributed by atoms with Crippen LogP contribution in [0.25, 0.3) is 0 Å². The zero-order valence-electron chi connectivity index (χ0n) is 11.0. The lowest BCUT2D eigenvalue weighted by molar-refractivity contribution is -0.124. The average molecular weight is 264 g/mol. The summed E-state index contributed by atoms with van der Waals surface area (Å²) in [5.41, 5.74) is 0.877. The minimum atomic E-state index is -1.28. The molecule has 0 saturated carbocycles. The van der Waals surface area contributed by atoms with Crippen molar-refractivity contribution >= 4 is 5.91 Å². The summed E-state index contributed by atoms with van der Waals surface area (Å²) < 4.78 is 0. The minimum Gasteiger partial charge on any atom is -0.393 e. The maximum absolute atomic E-state index is 12.2. The maximum atomic E-state index is 12.2. The minimum absolute atomic E-state index is 0.0427. The molecule has 1 aliphatic rings. The van der Waals surface area contributed by atoms with Gasteiger partial charge in [0.05, 0.1) is 12.5 Å². The number of hydrogen-bond donors (Lipinski definition) is 4. The van der Waals surface area contributed by atoms with Crippen LogP contribution in [0.1, 0.15) is 24.0 Å². The number of aliphatic hydroxyl groups excluding tert-OH is 1. The molecule has 1 amide bonds. The highest BCUT2D eigenvalue weighted by Crippen LogP contribution is 2.23. The number of rotatable bonds is 4. The van der Waals surface area contributed by atoms with E-state index in [0.717, 1.165) is 17.7 Å². The third kappa shape index (κ3) is 3.32. The normalized spacial score (nSPS) is 21.3. The zero-order chi connectivity index (χ0) is 13.9. The Bertz CT molecular complexity index is 460. The Kier molecular flexibility index (Phi) is 4.19. The molecule has 0 aliphatic carbocycles. The van der Waals surface area contributed by atoms with Gasteiger partial charge < -0.3 is 20.8 Å². The zero-order valence-corrected chi connectivity index (χ0v) is 11.0. The summed E-state index contributed by atoms with van der Waals surface area (Å²) in [5.74, 6) is -0.382. The number of amides is 1. The van der Waals surface area contributed by atoms with E-state index in [9.17, 15) is 9.90 Å². The van der Waals surface area contributed by atoms with Crippen molar-refractivity contribution < 1.29 is 15.0 Å².